The molecule has 3 fully saturated rings. The minimum atomic E-state index is 0.225. The summed E-state index contributed by atoms with van der Waals surface area (Å²) in [4.78, 5) is 19.8. The fourth-order valence-electron chi connectivity index (χ4n) is 4.76. The van der Waals surface area contributed by atoms with Crippen LogP contribution in [0, 0.1) is 12.8 Å². The van der Waals surface area contributed by atoms with Crippen LogP contribution in [-0.2, 0) is 4.79 Å². The van der Waals surface area contributed by atoms with E-state index in [0.717, 1.165) is 76.5 Å². The van der Waals surface area contributed by atoms with Gasteiger partial charge in [-0.2, -0.15) is 5.10 Å². The predicted octanol–water partition coefficient (Wildman–Crippen LogP) is 2.09. The van der Waals surface area contributed by atoms with Gasteiger partial charge in [0.25, 0.3) is 0 Å². The molecule has 1 atom stereocenters. The molecule has 4 heterocycles. The molecule has 1 aromatic rings. The number of piperidine rings is 2. The number of rotatable bonds is 3. The van der Waals surface area contributed by atoms with Gasteiger partial charge < -0.3 is 9.80 Å². The number of carbonyl (C=O) groups is 1. The third kappa shape index (κ3) is 3.85. The van der Waals surface area contributed by atoms with E-state index in [1.54, 1.807) is 0 Å². The molecule has 3 aliphatic rings. The molecule has 0 N–H and O–H groups in total. The van der Waals surface area contributed by atoms with Crippen LogP contribution in [0.1, 0.15) is 44.2 Å². The van der Waals surface area contributed by atoms with E-state index in [9.17, 15) is 4.79 Å². The number of hydrogen-bond donors (Lipinski definition) is 0. The maximum absolute atomic E-state index is 12.8. The van der Waals surface area contributed by atoms with Gasteiger partial charge in [-0.05, 0) is 64.1 Å². The summed E-state index contributed by atoms with van der Waals surface area (Å²) in [5.41, 5.74) is 0.964. The second-order valence-corrected chi connectivity index (χ2v) is 8.12. The van der Waals surface area contributed by atoms with Crippen LogP contribution in [0.3, 0.4) is 0 Å². The van der Waals surface area contributed by atoms with E-state index in [4.69, 9.17) is 0 Å². The summed E-state index contributed by atoms with van der Waals surface area (Å²) in [6.07, 6.45) is 6.91. The van der Waals surface area contributed by atoms with Gasteiger partial charge in [0.15, 0.2) is 5.82 Å². The Balaban J connectivity index is 1.31. The van der Waals surface area contributed by atoms with Gasteiger partial charge in [-0.25, -0.2) is 0 Å². The molecule has 3 saturated heterocycles. The first kappa shape index (κ1) is 17.7. The first-order chi connectivity index (χ1) is 12.7. The summed E-state index contributed by atoms with van der Waals surface area (Å²) in [7, 11) is 0. The minimum absolute atomic E-state index is 0.225. The molecule has 1 aromatic heterocycles. The number of likely N-dealkylation sites (tertiary alicyclic amines) is 2. The Morgan fingerprint density at radius 3 is 2.42 bits per heavy atom. The van der Waals surface area contributed by atoms with Crippen LogP contribution in [0.5, 0.6) is 0 Å². The van der Waals surface area contributed by atoms with Crippen molar-refractivity contribution < 1.29 is 4.79 Å². The van der Waals surface area contributed by atoms with E-state index in [1.807, 2.05) is 13.0 Å². The van der Waals surface area contributed by atoms with E-state index in [2.05, 4.69) is 31.0 Å². The summed E-state index contributed by atoms with van der Waals surface area (Å²) in [6.45, 7) is 8.10. The lowest BCUT2D eigenvalue weighted by Crippen LogP contribution is -2.51. The average molecular weight is 358 g/mol. The standard InChI is InChI=1S/C20H31N5O/c1-16-6-7-19(22-21-16)23-13-8-18(9-14-23)25-12-4-5-17(15-25)20(26)24-10-2-3-11-24/h6-7,17-18H,2-5,8-15H2,1H3/t17-/m1/s1. The Hall–Kier alpha value is -1.69. The highest BCUT2D eigenvalue weighted by Crippen LogP contribution is 2.27. The highest BCUT2D eigenvalue weighted by Gasteiger charge is 2.34. The quantitative estimate of drug-likeness (QED) is 0.829. The fourth-order valence-corrected chi connectivity index (χ4v) is 4.76. The minimum Gasteiger partial charge on any atom is -0.355 e. The van der Waals surface area contributed by atoms with Crippen LogP contribution >= 0.6 is 0 Å². The van der Waals surface area contributed by atoms with Gasteiger partial charge in [-0.3, -0.25) is 9.69 Å². The van der Waals surface area contributed by atoms with Crippen molar-refractivity contribution in [3.63, 3.8) is 0 Å². The fraction of sp³-hybridized carbons (Fsp3) is 0.750. The molecule has 0 spiro atoms. The SMILES string of the molecule is Cc1ccc(N2CCC(N3CCC[C@@H](C(=O)N4CCCC4)C3)CC2)nn1. The van der Waals surface area contributed by atoms with Gasteiger partial charge in [0.1, 0.15) is 0 Å². The highest BCUT2D eigenvalue weighted by molar-refractivity contribution is 5.79. The van der Waals surface area contributed by atoms with Gasteiger partial charge in [0.05, 0.1) is 11.6 Å². The third-order valence-corrected chi connectivity index (χ3v) is 6.31. The van der Waals surface area contributed by atoms with Crippen LogP contribution in [0.2, 0.25) is 0 Å². The molecule has 0 radical (unpaired) electrons. The van der Waals surface area contributed by atoms with Crippen LogP contribution in [0.25, 0.3) is 0 Å². The first-order valence-electron chi connectivity index (χ1n) is 10.3. The predicted molar refractivity (Wildman–Crippen MR) is 102 cm³/mol. The van der Waals surface area contributed by atoms with E-state index >= 15 is 0 Å². The lowest BCUT2D eigenvalue weighted by molar-refractivity contribution is -0.136. The maximum Gasteiger partial charge on any atom is 0.226 e. The topological polar surface area (TPSA) is 52.6 Å². The van der Waals surface area contributed by atoms with Gasteiger partial charge in [0, 0.05) is 38.8 Å². The Morgan fingerprint density at radius 1 is 0.962 bits per heavy atom. The third-order valence-electron chi connectivity index (χ3n) is 6.31. The van der Waals surface area contributed by atoms with Crippen LogP contribution < -0.4 is 4.90 Å². The number of nitrogens with zero attached hydrogens (tertiary/aromatic N) is 5. The highest BCUT2D eigenvalue weighted by atomic mass is 16.2. The maximum atomic E-state index is 12.8. The van der Waals surface area contributed by atoms with Crippen LogP contribution in [-0.4, -0.2) is 71.2 Å². The lowest BCUT2D eigenvalue weighted by atomic mass is 9.93. The first-order valence-corrected chi connectivity index (χ1v) is 10.3. The van der Waals surface area contributed by atoms with Crippen molar-refractivity contribution in [2.45, 2.75) is 51.5 Å². The second kappa shape index (κ2) is 7.91. The molecular formula is C20H31N5O. The van der Waals surface area contributed by atoms with Crippen LogP contribution in [0.4, 0.5) is 5.82 Å². The molecule has 26 heavy (non-hydrogen) atoms. The van der Waals surface area contributed by atoms with E-state index in [-0.39, 0.29) is 5.92 Å². The molecule has 1 amide bonds. The Morgan fingerprint density at radius 2 is 1.73 bits per heavy atom. The molecule has 3 aliphatic heterocycles. The van der Waals surface area contributed by atoms with Crippen LogP contribution in [0.15, 0.2) is 12.1 Å². The molecule has 0 unspecified atom stereocenters. The zero-order valence-electron chi connectivity index (χ0n) is 15.9. The van der Waals surface area contributed by atoms with Crippen molar-refractivity contribution in [3.05, 3.63) is 17.8 Å². The van der Waals surface area contributed by atoms with Gasteiger partial charge in [0.2, 0.25) is 5.91 Å². The second-order valence-electron chi connectivity index (χ2n) is 8.12. The molecule has 6 nitrogen and oxygen atoms in total. The Labute approximate surface area is 156 Å². The zero-order chi connectivity index (χ0) is 17.9. The number of amides is 1. The summed E-state index contributed by atoms with van der Waals surface area (Å²) in [6, 6.07) is 4.72. The Kier molecular flexibility index (Phi) is 5.38. The molecule has 0 bridgehead atoms. The van der Waals surface area contributed by atoms with Crippen molar-refractivity contribution in [1.29, 1.82) is 0 Å². The van der Waals surface area contributed by atoms with Crippen molar-refractivity contribution >= 4 is 11.7 Å². The largest absolute Gasteiger partial charge is 0.355 e. The van der Waals surface area contributed by atoms with Gasteiger partial charge >= 0.3 is 0 Å². The van der Waals surface area contributed by atoms with Crippen molar-refractivity contribution in [1.82, 2.24) is 20.0 Å². The normalized spacial score (nSPS) is 25.7. The lowest BCUT2D eigenvalue weighted by Gasteiger charge is -2.42. The number of anilines is 1. The molecule has 0 saturated carbocycles. The molecule has 0 aliphatic carbocycles. The molecule has 0 aromatic carbocycles. The summed E-state index contributed by atoms with van der Waals surface area (Å²) in [5, 5.41) is 8.52. The summed E-state index contributed by atoms with van der Waals surface area (Å²) in [5.74, 6) is 1.64. The number of carbonyl (C=O) groups excluding carboxylic acids is 1. The Bertz CT molecular complexity index is 605. The van der Waals surface area contributed by atoms with Crippen molar-refractivity contribution in [2.24, 2.45) is 5.92 Å². The number of hydrogen-bond acceptors (Lipinski definition) is 5. The molecule has 142 valence electrons. The monoisotopic (exact) mass is 357 g/mol. The molecule has 4 rings (SSSR count). The summed E-state index contributed by atoms with van der Waals surface area (Å²) < 4.78 is 0. The van der Waals surface area contributed by atoms with Gasteiger partial charge in [-0.15, -0.1) is 5.10 Å². The molecular weight excluding hydrogens is 326 g/mol. The van der Waals surface area contributed by atoms with Crippen molar-refractivity contribution in [3.8, 4) is 0 Å². The average Bonchev–Trinajstić information content (AvgIpc) is 3.23. The number of aryl methyl sites for hydroxylation is 1. The van der Waals surface area contributed by atoms with Crippen molar-refractivity contribution in [2.75, 3.05) is 44.2 Å². The number of aromatic nitrogens is 2. The van der Waals surface area contributed by atoms with E-state index in [1.165, 1.54) is 12.8 Å². The van der Waals surface area contributed by atoms with E-state index in [0.29, 0.717) is 11.9 Å². The molecule has 6 heteroatoms. The summed E-state index contributed by atoms with van der Waals surface area (Å²) >= 11 is 0. The smallest absolute Gasteiger partial charge is 0.226 e. The van der Waals surface area contributed by atoms with E-state index < -0.39 is 0 Å². The zero-order valence-corrected chi connectivity index (χ0v) is 15.9. The van der Waals surface area contributed by atoms with Gasteiger partial charge in [-0.1, -0.05) is 0 Å².